The minimum atomic E-state index is -6.36. The van der Waals surface area contributed by atoms with Crippen molar-refractivity contribution in [3.63, 3.8) is 0 Å². The number of ether oxygens (including phenoxy) is 1. The van der Waals surface area contributed by atoms with Gasteiger partial charge in [0, 0.05) is 11.8 Å². The van der Waals surface area contributed by atoms with E-state index < -0.39 is 45.3 Å². The van der Waals surface area contributed by atoms with Crippen LogP contribution in [0.4, 0.5) is 36.4 Å². The highest BCUT2D eigenvalue weighted by Gasteiger charge is 2.73. The first-order chi connectivity index (χ1) is 16.5. The van der Waals surface area contributed by atoms with Crippen molar-refractivity contribution < 1.29 is 40.3 Å². The summed E-state index contributed by atoms with van der Waals surface area (Å²) in [4.78, 5) is 11.8. The summed E-state index contributed by atoms with van der Waals surface area (Å²) in [5.41, 5.74) is -2.23. The van der Waals surface area contributed by atoms with E-state index in [2.05, 4.69) is 4.74 Å². The molecule has 0 aliphatic rings. The van der Waals surface area contributed by atoms with Crippen LogP contribution in [0.15, 0.2) is 36.5 Å². The number of nitrogens with zero attached hydrogens (tertiary/aromatic N) is 1. The molecule has 0 saturated carbocycles. The molecule has 5 nitrogen and oxygen atoms in total. The van der Waals surface area contributed by atoms with Crippen LogP contribution in [0, 0.1) is 0 Å². The number of methoxy groups -OCH3 is 1. The topological polar surface area (TPSA) is 81.6 Å². The molecule has 0 saturated heterocycles. The van der Waals surface area contributed by atoms with Gasteiger partial charge in [0.05, 0.1) is 39.1 Å². The van der Waals surface area contributed by atoms with Crippen LogP contribution < -0.4 is 16.6 Å². The van der Waals surface area contributed by atoms with Crippen LogP contribution in [0.3, 0.4) is 0 Å². The number of halogens is 10. The van der Waals surface area contributed by atoms with Gasteiger partial charge in [0.1, 0.15) is 0 Å². The molecule has 0 aliphatic heterocycles. The fourth-order valence-electron chi connectivity index (χ4n) is 2.76. The molecule has 36 heavy (non-hydrogen) atoms. The zero-order valence-corrected chi connectivity index (χ0v) is 20.9. The third-order valence-corrected chi connectivity index (χ3v) is 5.34. The zero-order chi connectivity index (χ0) is 28.2. The standard InChI is InChI=1S/C19H13Cl3F7N3O2.C2H6/c1-34-16(33)10-4-8(2-3-11(10)20)14(30)7-32(31)15-12(21)5-9(6-13(15)22)17(23,18(24,25)26)19(27,28)29;1-2/h2-7H,30-31H2,1H3;1-2H3/b14-7-;. The smallest absolute Gasteiger partial charge is 0.435 e. The highest BCUT2D eigenvalue weighted by molar-refractivity contribution is 6.39. The lowest BCUT2D eigenvalue weighted by atomic mass is 9.94. The van der Waals surface area contributed by atoms with E-state index in [1.54, 1.807) is 0 Å². The Hall–Kier alpha value is -2.41. The van der Waals surface area contributed by atoms with Gasteiger partial charge in [0.15, 0.2) is 0 Å². The second kappa shape index (κ2) is 11.8. The van der Waals surface area contributed by atoms with E-state index in [9.17, 15) is 35.5 Å². The first-order valence-electron chi connectivity index (χ1n) is 9.67. The van der Waals surface area contributed by atoms with Gasteiger partial charge in [-0.15, -0.1) is 0 Å². The van der Waals surface area contributed by atoms with Gasteiger partial charge in [-0.05, 0) is 29.8 Å². The number of carbonyl (C=O) groups excluding carboxylic acids is 1. The van der Waals surface area contributed by atoms with E-state index >= 15 is 0 Å². The van der Waals surface area contributed by atoms with Gasteiger partial charge in [0.2, 0.25) is 0 Å². The highest BCUT2D eigenvalue weighted by Crippen LogP contribution is 2.54. The molecule has 2 rings (SSSR count). The summed E-state index contributed by atoms with van der Waals surface area (Å²) in [5, 5.41) is -1.04. The molecule has 0 amide bonds. The first-order valence-corrected chi connectivity index (χ1v) is 10.8. The first kappa shape index (κ1) is 31.6. The normalized spacial score (nSPS) is 12.6. The summed E-state index contributed by atoms with van der Waals surface area (Å²) in [5.74, 6) is 4.99. The molecule has 0 unspecified atom stereocenters. The summed E-state index contributed by atoms with van der Waals surface area (Å²) < 4.78 is 97.1. The Kier molecular flexibility index (Phi) is 10.3. The lowest BCUT2D eigenvalue weighted by molar-refractivity contribution is -0.348. The number of rotatable bonds is 5. The third kappa shape index (κ3) is 6.28. The number of hydrogen-bond donors (Lipinski definition) is 2. The number of hydrogen-bond acceptors (Lipinski definition) is 5. The number of hydrazine groups is 1. The van der Waals surface area contributed by atoms with Crippen molar-refractivity contribution in [2.75, 3.05) is 12.1 Å². The molecule has 0 aliphatic carbocycles. The molecule has 0 heterocycles. The fourth-order valence-corrected chi connectivity index (χ4v) is 3.64. The Morgan fingerprint density at radius 1 is 0.917 bits per heavy atom. The van der Waals surface area contributed by atoms with Gasteiger partial charge in [-0.25, -0.2) is 15.0 Å². The largest absolute Gasteiger partial charge is 0.465 e. The molecule has 0 aromatic heterocycles. The van der Waals surface area contributed by atoms with Crippen LogP contribution in [-0.4, -0.2) is 25.4 Å². The number of esters is 1. The van der Waals surface area contributed by atoms with Crippen molar-refractivity contribution in [1.29, 1.82) is 0 Å². The molecule has 0 radical (unpaired) electrons. The Balaban J connectivity index is 0.00000316. The molecule has 0 spiro atoms. The average molecular weight is 585 g/mol. The van der Waals surface area contributed by atoms with E-state index in [1.807, 2.05) is 13.8 Å². The zero-order valence-electron chi connectivity index (χ0n) is 18.7. The predicted octanol–water partition coefficient (Wildman–Crippen LogP) is 7.39. The Morgan fingerprint density at radius 3 is 1.81 bits per heavy atom. The van der Waals surface area contributed by atoms with Crippen LogP contribution in [0.5, 0.6) is 0 Å². The lowest BCUT2D eigenvalue weighted by Crippen LogP contribution is -2.50. The van der Waals surface area contributed by atoms with Crippen molar-refractivity contribution in [2.24, 2.45) is 11.6 Å². The van der Waals surface area contributed by atoms with E-state index in [0.717, 1.165) is 13.3 Å². The molecule has 2 aromatic rings. The van der Waals surface area contributed by atoms with Gasteiger partial charge in [-0.3, -0.25) is 5.01 Å². The molecule has 200 valence electrons. The van der Waals surface area contributed by atoms with Crippen LogP contribution in [0.25, 0.3) is 5.70 Å². The van der Waals surface area contributed by atoms with Crippen LogP contribution >= 0.6 is 34.8 Å². The summed E-state index contributed by atoms with van der Waals surface area (Å²) in [6, 6.07) is 4.14. The summed E-state index contributed by atoms with van der Waals surface area (Å²) in [6.45, 7) is 4.00. The van der Waals surface area contributed by atoms with Gasteiger partial charge in [-0.2, -0.15) is 26.3 Å². The monoisotopic (exact) mass is 583 g/mol. The van der Waals surface area contributed by atoms with Crippen molar-refractivity contribution in [2.45, 2.75) is 31.9 Å². The van der Waals surface area contributed by atoms with Crippen LogP contribution in [0.1, 0.15) is 35.3 Å². The third-order valence-electron chi connectivity index (χ3n) is 4.44. The Bertz CT molecular complexity index is 1100. The minimum Gasteiger partial charge on any atom is -0.465 e. The number of benzene rings is 2. The molecule has 0 bridgehead atoms. The second-order valence-electron chi connectivity index (χ2n) is 6.62. The predicted molar refractivity (Wildman–Crippen MR) is 124 cm³/mol. The van der Waals surface area contributed by atoms with Crippen molar-refractivity contribution in [1.82, 2.24) is 0 Å². The fraction of sp³-hybridized carbons (Fsp3) is 0.286. The molecule has 15 heteroatoms. The summed E-state index contributed by atoms with van der Waals surface area (Å²) in [7, 11) is 1.11. The van der Waals surface area contributed by atoms with E-state index in [4.69, 9.17) is 46.4 Å². The van der Waals surface area contributed by atoms with Gasteiger partial charge in [0.25, 0.3) is 0 Å². The van der Waals surface area contributed by atoms with Crippen LogP contribution in [-0.2, 0) is 10.4 Å². The van der Waals surface area contributed by atoms with E-state index in [-0.39, 0.29) is 34.0 Å². The second-order valence-corrected chi connectivity index (χ2v) is 7.84. The van der Waals surface area contributed by atoms with E-state index in [0.29, 0.717) is 5.01 Å². The minimum absolute atomic E-state index is 0.0405. The number of carbonyl (C=O) groups is 1. The molecule has 4 N–H and O–H groups in total. The average Bonchev–Trinajstić information content (AvgIpc) is 2.77. The summed E-state index contributed by atoms with van der Waals surface area (Å²) in [6.07, 6.45) is -11.8. The van der Waals surface area contributed by atoms with Crippen LogP contribution in [0.2, 0.25) is 15.1 Å². The maximum atomic E-state index is 14.3. The Labute approximate surface area is 216 Å². The maximum absolute atomic E-state index is 14.3. The maximum Gasteiger partial charge on any atom is 0.435 e. The highest BCUT2D eigenvalue weighted by atomic mass is 35.5. The molecule has 2 aromatic carbocycles. The SMILES string of the molecule is CC.COC(=O)c1cc(/C(N)=C/N(N)c2c(Cl)cc(C(F)(C(F)(F)F)C(F)(F)F)cc2Cl)ccc1Cl. The van der Waals surface area contributed by atoms with Crippen molar-refractivity contribution in [3.8, 4) is 0 Å². The molecular formula is C21H19Cl3F7N3O2. The molecular weight excluding hydrogens is 566 g/mol. The summed E-state index contributed by atoms with van der Waals surface area (Å²) >= 11 is 17.5. The lowest BCUT2D eigenvalue weighted by Gasteiger charge is -2.31. The molecule has 0 fully saturated rings. The quantitative estimate of drug-likeness (QED) is 0.166. The van der Waals surface area contributed by atoms with Gasteiger partial charge < -0.3 is 10.5 Å². The Morgan fingerprint density at radius 2 is 1.39 bits per heavy atom. The van der Waals surface area contributed by atoms with Gasteiger partial charge in [-0.1, -0.05) is 54.7 Å². The number of alkyl halides is 7. The van der Waals surface area contributed by atoms with Gasteiger partial charge >= 0.3 is 24.0 Å². The number of nitrogens with two attached hydrogens (primary N) is 2. The molecule has 0 atom stereocenters. The van der Waals surface area contributed by atoms with E-state index in [1.165, 1.54) is 18.2 Å². The number of anilines is 1. The van der Waals surface area contributed by atoms with Crippen molar-refractivity contribution >= 4 is 52.2 Å². The van der Waals surface area contributed by atoms with Crippen molar-refractivity contribution in [3.05, 3.63) is 68.3 Å².